The number of hydrogen-bond donors (Lipinski definition) is 2. The fraction of sp³-hybridized carbons (Fsp3) is 0.333. The zero-order valence-corrected chi connectivity index (χ0v) is 14.8. The summed E-state index contributed by atoms with van der Waals surface area (Å²) in [5.74, 6) is 1.72. The molecule has 1 heterocycles. The van der Waals surface area contributed by atoms with Crippen LogP contribution in [-0.2, 0) is 13.6 Å². The van der Waals surface area contributed by atoms with E-state index in [0.29, 0.717) is 13.1 Å². The van der Waals surface area contributed by atoms with E-state index >= 15 is 0 Å². The second kappa shape index (κ2) is 8.66. The van der Waals surface area contributed by atoms with Gasteiger partial charge in [-0.15, -0.1) is 30.6 Å². The molecule has 114 valence electrons. The molecule has 5 nitrogen and oxygen atoms in total. The SMILES string of the molecule is C=CCNC(=NCc1nc2ccccc2n1C)NCC.I. The summed E-state index contributed by atoms with van der Waals surface area (Å²) in [6.07, 6.45) is 1.81. The van der Waals surface area contributed by atoms with Crippen LogP contribution in [0.4, 0.5) is 0 Å². The fourth-order valence-corrected chi connectivity index (χ4v) is 2.00. The highest BCUT2D eigenvalue weighted by Gasteiger charge is 2.06. The van der Waals surface area contributed by atoms with Gasteiger partial charge in [0.05, 0.1) is 11.0 Å². The van der Waals surface area contributed by atoms with Crippen molar-refractivity contribution in [3.8, 4) is 0 Å². The number of hydrogen-bond acceptors (Lipinski definition) is 2. The Morgan fingerprint density at radius 2 is 2.14 bits per heavy atom. The number of fused-ring (bicyclic) bond motifs is 1. The van der Waals surface area contributed by atoms with Gasteiger partial charge in [-0.3, -0.25) is 0 Å². The van der Waals surface area contributed by atoms with Crippen LogP contribution in [0.2, 0.25) is 0 Å². The maximum atomic E-state index is 4.60. The van der Waals surface area contributed by atoms with Crippen LogP contribution in [0.25, 0.3) is 11.0 Å². The molecule has 0 unspecified atom stereocenters. The molecule has 2 rings (SSSR count). The quantitative estimate of drug-likeness (QED) is 0.352. The summed E-state index contributed by atoms with van der Waals surface area (Å²) in [6, 6.07) is 8.10. The Morgan fingerprint density at radius 1 is 1.38 bits per heavy atom. The monoisotopic (exact) mass is 399 g/mol. The Labute approximate surface area is 142 Å². The average molecular weight is 399 g/mol. The Hall–Kier alpha value is -1.57. The van der Waals surface area contributed by atoms with Crippen molar-refractivity contribution in [3.05, 3.63) is 42.7 Å². The molecule has 21 heavy (non-hydrogen) atoms. The Bertz CT molecular complexity index is 618. The van der Waals surface area contributed by atoms with E-state index in [-0.39, 0.29) is 24.0 Å². The van der Waals surface area contributed by atoms with Gasteiger partial charge < -0.3 is 15.2 Å². The summed E-state index contributed by atoms with van der Waals surface area (Å²) in [5, 5.41) is 6.37. The van der Waals surface area contributed by atoms with Gasteiger partial charge in [0.15, 0.2) is 5.96 Å². The highest BCUT2D eigenvalue weighted by molar-refractivity contribution is 14.0. The topological polar surface area (TPSA) is 54.2 Å². The van der Waals surface area contributed by atoms with E-state index < -0.39 is 0 Å². The molecule has 0 amide bonds. The minimum absolute atomic E-state index is 0. The predicted octanol–water partition coefficient (Wildman–Crippen LogP) is 2.43. The van der Waals surface area contributed by atoms with Crippen molar-refractivity contribution in [1.29, 1.82) is 0 Å². The molecule has 0 spiro atoms. The maximum absolute atomic E-state index is 4.60. The molecule has 2 aromatic rings. The molecular weight excluding hydrogens is 377 g/mol. The van der Waals surface area contributed by atoms with Crippen molar-refractivity contribution in [2.24, 2.45) is 12.0 Å². The standard InChI is InChI=1S/C15H21N5.HI/c1-4-10-17-15(16-5-2)18-11-14-19-12-8-6-7-9-13(12)20(14)3;/h4,6-9H,1,5,10-11H2,2-3H3,(H2,16,17,18);1H. The molecule has 1 aromatic carbocycles. The third kappa shape index (κ3) is 4.45. The third-order valence-corrected chi connectivity index (χ3v) is 3.02. The largest absolute Gasteiger partial charge is 0.357 e. The number of nitrogens with one attached hydrogen (secondary N) is 2. The number of aryl methyl sites for hydroxylation is 1. The first-order chi connectivity index (χ1) is 9.76. The molecule has 0 bridgehead atoms. The van der Waals surface area contributed by atoms with Gasteiger partial charge >= 0.3 is 0 Å². The minimum atomic E-state index is 0. The van der Waals surface area contributed by atoms with Crippen LogP contribution in [-0.4, -0.2) is 28.6 Å². The van der Waals surface area contributed by atoms with Crippen molar-refractivity contribution in [2.45, 2.75) is 13.5 Å². The first kappa shape index (κ1) is 17.5. The lowest BCUT2D eigenvalue weighted by molar-refractivity contribution is 0.792. The zero-order chi connectivity index (χ0) is 14.4. The van der Waals surface area contributed by atoms with E-state index in [1.165, 1.54) is 0 Å². The molecule has 0 saturated carbocycles. The molecule has 0 fully saturated rings. The first-order valence-electron chi connectivity index (χ1n) is 6.79. The van der Waals surface area contributed by atoms with Crippen LogP contribution in [0, 0.1) is 0 Å². The van der Waals surface area contributed by atoms with Crippen LogP contribution in [0.3, 0.4) is 0 Å². The van der Waals surface area contributed by atoms with E-state index in [9.17, 15) is 0 Å². The van der Waals surface area contributed by atoms with E-state index in [1.54, 1.807) is 0 Å². The molecule has 0 radical (unpaired) electrons. The predicted molar refractivity (Wildman–Crippen MR) is 99.1 cm³/mol. The fourth-order valence-electron chi connectivity index (χ4n) is 2.00. The lowest BCUT2D eigenvalue weighted by Crippen LogP contribution is -2.37. The summed E-state index contributed by atoms with van der Waals surface area (Å²) in [6.45, 7) is 7.79. The second-order valence-corrected chi connectivity index (χ2v) is 4.44. The van der Waals surface area contributed by atoms with Gasteiger partial charge in [-0.2, -0.15) is 0 Å². The Morgan fingerprint density at radius 3 is 2.81 bits per heavy atom. The number of nitrogens with zero attached hydrogens (tertiary/aromatic N) is 3. The van der Waals surface area contributed by atoms with E-state index in [1.807, 2.05) is 38.2 Å². The number of aliphatic imine (C=N–C) groups is 1. The van der Waals surface area contributed by atoms with Crippen molar-refractivity contribution >= 4 is 41.0 Å². The van der Waals surface area contributed by atoms with Gasteiger partial charge in [-0.05, 0) is 19.1 Å². The number of guanidine groups is 1. The van der Waals surface area contributed by atoms with Crippen LogP contribution in [0.5, 0.6) is 0 Å². The molecular formula is C15H22IN5. The lowest BCUT2D eigenvalue weighted by Gasteiger charge is -2.09. The lowest BCUT2D eigenvalue weighted by atomic mass is 10.3. The number of halogens is 1. The van der Waals surface area contributed by atoms with Crippen molar-refractivity contribution in [2.75, 3.05) is 13.1 Å². The van der Waals surface area contributed by atoms with Gasteiger partial charge in [0.25, 0.3) is 0 Å². The van der Waals surface area contributed by atoms with Gasteiger partial charge in [0, 0.05) is 20.1 Å². The van der Waals surface area contributed by atoms with Crippen LogP contribution < -0.4 is 10.6 Å². The van der Waals surface area contributed by atoms with Gasteiger partial charge in [0.1, 0.15) is 12.4 Å². The van der Waals surface area contributed by atoms with Crippen molar-refractivity contribution < 1.29 is 0 Å². The Balaban J connectivity index is 0.00000220. The third-order valence-electron chi connectivity index (χ3n) is 3.02. The van der Waals surface area contributed by atoms with Crippen LogP contribution in [0.1, 0.15) is 12.7 Å². The van der Waals surface area contributed by atoms with Crippen molar-refractivity contribution in [3.63, 3.8) is 0 Å². The molecule has 0 aliphatic heterocycles. The number of benzene rings is 1. The van der Waals surface area contributed by atoms with Crippen LogP contribution in [0.15, 0.2) is 41.9 Å². The van der Waals surface area contributed by atoms with Gasteiger partial charge in [0.2, 0.25) is 0 Å². The molecule has 0 aliphatic rings. The molecule has 0 saturated heterocycles. The smallest absolute Gasteiger partial charge is 0.191 e. The normalized spacial score (nSPS) is 11.0. The van der Waals surface area contributed by atoms with E-state index in [4.69, 9.17) is 0 Å². The second-order valence-electron chi connectivity index (χ2n) is 4.44. The molecule has 0 atom stereocenters. The van der Waals surface area contributed by atoms with Crippen LogP contribution >= 0.6 is 24.0 Å². The Kier molecular flexibility index (Phi) is 7.21. The van der Waals surface area contributed by atoms with E-state index in [2.05, 4.69) is 37.8 Å². The number of aromatic nitrogens is 2. The first-order valence-corrected chi connectivity index (χ1v) is 6.79. The minimum Gasteiger partial charge on any atom is -0.357 e. The summed E-state index contributed by atoms with van der Waals surface area (Å²) >= 11 is 0. The zero-order valence-electron chi connectivity index (χ0n) is 12.5. The number of para-hydroxylation sites is 2. The molecule has 1 aromatic heterocycles. The molecule has 0 aliphatic carbocycles. The summed E-state index contributed by atoms with van der Waals surface area (Å²) < 4.78 is 2.08. The van der Waals surface area contributed by atoms with E-state index in [0.717, 1.165) is 29.4 Å². The highest BCUT2D eigenvalue weighted by Crippen LogP contribution is 2.14. The average Bonchev–Trinajstić information content (AvgIpc) is 2.79. The summed E-state index contributed by atoms with van der Waals surface area (Å²) in [7, 11) is 2.02. The van der Waals surface area contributed by atoms with Crippen molar-refractivity contribution in [1.82, 2.24) is 20.2 Å². The number of imidazole rings is 1. The maximum Gasteiger partial charge on any atom is 0.191 e. The summed E-state index contributed by atoms with van der Waals surface area (Å²) in [4.78, 5) is 9.15. The highest BCUT2D eigenvalue weighted by atomic mass is 127. The van der Waals surface area contributed by atoms with Gasteiger partial charge in [-0.25, -0.2) is 9.98 Å². The molecule has 2 N–H and O–H groups in total. The number of rotatable bonds is 5. The van der Waals surface area contributed by atoms with Gasteiger partial charge in [-0.1, -0.05) is 18.2 Å². The summed E-state index contributed by atoms with van der Waals surface area (Å²) in [5.41, 5.74) is 2.13. The molecule has 6 heteroatoms.